The molecule has 13 heteroatoms. The Labute approximate surface area is 111 Å². The Morgan fingerprint density at radius 1 is 0.750 bits per heavy atom. The summed E-state index contributed by atoms with van der Waals surface area (Å²) in [5.41, 5.74) is 0. The molecule has 0 radical (unpaired) electrons. The van der Waals surface area contributed by atoms with E-state index in [4.69, 9.17) is 0 Å². The van der Waals surface area contributed by atoms with E-state index in [2.05, 4.69) is 11.3 Å². The lowest BCUT2D eigenvalue weighted by Crippen LogP contribution is -2.59. The third-order valence-electron chi connectivity index (χ3n) is 1.70. The second-order valence-electron chi connectivity index (χ2n) is 3.19. The van der Waals surface area contributed by atoms with Crippen molar-refractivity contribution in [1.29, 1.82) is 0 Å². The number of hydrogen-bond donors (Lipinski definition) is 0. The molecule has 1 nitrogen and oxygen atoms in total. The van der Waals surface area contributed by atoms with Gasteiger partial charge >= 0.3 is 30.2 Å². The molecule has 0 aromatic carbocycles. The fraction of sp³-hybridized carbons (Fsp3) is 0.714. The van der Waals surface area contributed by atoms with Gasteiger partial charge in [0.1, 0.15) is 0 Å². The van der Waals surface area contributed by atoms with Gasteiger partial charge < -0.3 is 0 Å². The third-order valence-corrected chi connectivity index (χ3v) is 2.21. The molecule has 0 unspecified atom stereocenters. The third kappa shape index (κ3) is 3.18. The zero-order valence-corrected chi connectivity index (χ0v) is 10.2. The smallest absolute Gasteiger partial charge is 0.265 e. The maximum atomic E-state index is 13.2. The Morgan fingerprint density at radius 3 is 1.30 bits per heavy atom. The molecule has 0 aromatic rings. The van der Waals surface area contributed by atoms with Crippen molar-refractivity contribution in [3.63, 3.8) is 0 Å². The van der Waals surface area contributed by atoms with Crippen molar-refractivity contribution in [1.82, 2.24) is 0 Å². The van der Waals surface area contributed by atoms with Crippen LogP contribution in [0.5, 0.6) is 0 Å². The van der Waals surface area contributed by atoms with Gasteiger partial charge in [-0.1, -0.05) is 6.58 Å². The van der Waals surface area contributed by atoms with Crippen molar-refractivity contribution < 1.29 is 53.0 Å². The SMILES string of the molecule is C=C(Br)[C@@](F)(OC(F)(F)C(F)(F)C(F)(F)F)C(F)(F)F. The van der Waals surface area contributed by atoms with E-state index in [0.29, 0.717) is 0 Å². The number of alkyl halides is 11. The van der Waals surface area contributed by atoms with E-state index in [1.165, 1.54) is 0 Å². The highest BCUT2D eigenvalue weighted by molar-refractivity contribution is 9.11. The summed E-state index contributed by atoms with van der Waals surface area (Å²) in [5, 5.41) is 0. The van der Waals surface area contributed by atoms with E-state index in [-0.39, 0.29) is 0 Å². The summed E-state index contributed by atoms with van der Waals surface area (Å²) in [4.78, 5) is 0. The summed E-state index contributed by atoms with van der Waals surface area (Å²) in [6, 6.07) is 0. The van der Waals surface area contributed by atoms with Crippen LogP contribution in [0.4, 0.5) is 48.3 Å². The van der Waals surface area contributed by atoms with Gasteiger partial charge in [0.2, 0.25) is 0 Å². The molecule has 0 amide bonds. The van der Waals surface area contributed by atoms with Crippen molar-refractivity contribution >= 4 is 15.9 Å². The predicted molar refractivity (Wildman–Crippen MR) is 45.0 cm³/mol. The zero-order valence-electron chi connectivity index (χ0n) is 8.65. The van der Waals surface area contributed by atoms with Gasteiger partial charge in [-0.25, -0.2) is 0 Å². The highest BCUT2D eigenvalue weighted by Crippen LogP contribution is 2.53. The van der Waals surface area contributed by atoms with Crippen LogP contribution in [0.15, 0.2) is 11.1 Å². The summed E-state index contributed by atoms with van der Waals surface area (Å²) in [6.07, 6.45) is -20.2. The lowest BCUT2D eigenvalue weighted by Gasteiger charge is -2.34. The normalized spacial score (nSPS) is 17.8. The maximum Gasteiger partial charge on any atom is 0.462 e. The molecule has 0 aliphatic carbocycles. The lowest BCUT2D eigenvalue weighted by atomic mass is 10.2. The highest BCUT2D eigenvalue weighted by Gasteiger charge is 2.78. The predicted octanol–water partition coefficient (Wildman–Crippen LogP) is 4.93. The van der Waals surface area contributed by atoms with Crippen LogP contribution >= 0.6 is 15.9 Å². The molecule has 20 heavy (non-hydrogen) atoms. The summed E-state index contributed by atoms with van der Waals surface area (Å²) >= 11 is 1.63. The largest absolute Gasteiger partial charge is 0.462 e. The molecule has 0 saturated carbocycles. The van der Waals surface area contributed by atoms with Crippen molar-refractivity contribution in [3.8, 4) is 0 Å². The van der Waals surface area contributed by atoms with Gasteiger partial charge in [0.05, 0.1) is 4.48 Å². The van der Waals surface area contributed by atoms with Gasteiger partial charge in [-0.3, -0.25) is 4.74 Å². The van der Waals surface area contributed by atoms with E-state index >= 15 is 0 Å². The van der Waals surface area contributed by atoms with Crippen molar-refractivity contribution in [2.24, 2.45) is 0 Å². The second kappa shape index (κ2) is 5.00. The van der Waals surface area contributed by atoms with Crippen molar-refractivity contribution in [3.05, 3.63) is 11.1 Å². The van der Waals surface area contributed by atoms with Gasteiger partial charge in [-0.05, 0) is 15.9 Å². The minimum atomic E-state index is -7.06. The molecule has 0 heterocycles. The number of hydrogen-bond acceptors (Lipinski definition) is 1. The Hall–Kier alpha value is -0.590. The first kappa shape index (κ1) is 19.4. The average Bonchev–Trinajstić information content (AvgIpc) is 2.12. The Kier molecular flexibility index (Phi) is 4.85. The van der Waals surface area contributed by atoms with Crippen LogP contribution in [-0.2, 0) is 4.74 Å². The van der Waals surface area contributed by atoms with Crippen molar-refractivity contribution in [2.45, 2.75) is 30.2 Å². The molecule has 0 rings (SSSR count). The van der Waals surface area contributed by atoms with Crippen LogP contribution < -0.4 is 0 Å². The van der Waals surface area contributed by atoms with Crippen LogP contribution in [0.3, 0.4) is 0 Å². The first-order valence-electron chi connectivity index (χ1n) is 4.03. The average molecular weight is 391 g/mol. The van der Waals surface area contributed by atoms with Gasteiger partial charge in [0.25, 0.3) is 0 Å². The molecule has 0 aliphatic heterocycles. The Bertz CT molecular complexity index is 383. The van der Waals surface area contributed by atoms with E-state index in [0.717, 1.165) is 0 Å². The summed E-state index contributed by atoms with van der Waals surface area (Å²) < 4.78 is 134. The summed E-state index contributed by atoms with van der Waals surface area (Å²) in [6.45, 7) is 2.16. The van der Waals surface area contributed by atoms with Crippen LogP contribution in [0, 0.1) is 0 Å². The lowest BCUT2D eigenvalue weighted by molar-refractivity contribution is -0.474. The summed E-state index contributed by atoms with van der Waals surface area (Å²) in [5.74, 6) is -12.7. The molecule has 0 spiro atoms. The summed E-state index contributed by atoms with van der Waals surface area (Å²) in [7, 11) is 0. The van der Waals surface area contributed by atoms with Gasteiger partial charge in [0, 0.05) is 0 Å². The van der Waals surface area contributed by atoms with E-state index in [1.54, 1.807) is 15.9 Å². The minimum absolute atomic E-state index is 1.63. The second-order valence-corrected chi connectivity index (χ2v) is 4.15. The first-order valence-corrected chi connectivity index (χ1v) is 4.82. The zero-order chi connectivity index (χ0) is 16.8. The molecule has 0 fully saturated rings. The van der Waals surface area contributed by atoms with E-state index in [9.17, 15) is 48.3 Å². The van der Waals surface area contributed by atoms with E-state index < -0.39 is 34.7 Å². The number of halogens is 12. The van der Waals surface area contributed by atoms with Crippen LogP contribution in [0.2, 0.25) is 0 Å². The van der Waals surface area contributed by atoms with Gasteiger partial charge in [-0.2, -0.15) is 48.3 Å². The van der Waals surface area contributed by atoms with Crippen molar-refractivity contribution in [2.75, 3.05) is 0 Å². The Morgan fingerprint density at radius 2 is 1.10 bits per heavy atom. The quantitative estimate of drug-likeness (QED) is 0.618. The molecule has 120 valence electrons. The Balaban J connectivity index is 5.73. The standard InChI is InChI=1S/C7H2BrF11O/c1-2(8)3(9,5(12,13)14)20-7(18,19)4(10,11)6(15,16)17/h1H2/t3-/m1/s1. The first-order chi connectivity index (χ1) is 8.40. The fourth-order valence-corrected chi connectivity index (χ4v) is 0.978. The molecule has 0 N–H and O–H groups in total. The molecule has 0 saturated heterocycles. The minimum Gasteiger partial charge on any atom is -0.265 e. The molecule has 0 bridgehead atoms. The molecule has 1 atom stereocenters. The number of rotatable bonds is 4. The van der Waals surface area contributed by atoms with Gasteiger partial charge in [0.15, 0.2) is 0 Å². The maximum absolute atomic E-state index is 13.2. The topological polar surface area (TPSA) is 9.23 Å². The number of ether oxygens (including phenoxy) is 1. The molecular formula is C7H2BrF11O. The van der Waals surface area contributed by atoms with Crippen LogP contribution in [0.1, 0.15) is 0 Å². The van der Waals surface area contributed by atoms with Crippen LogP contribution in [0.25, 0.3) is 0 Å². The molecule has 0 aromatic heterocycles. The molecular weight excluding hydrogens is 389 g/mol. The molecule has 0 aliphatic rings. The highest BCUT2D eigenvalue weighted by atomic mass is 79.9. The van der Waals surface area contributed by atoms with E-state index in [1.807, 2.05) is 0 Å². The van der Waals surface area contributed by atoms with Gasteiger partial charge in [-0.15, -0.1) is 0 Å². The monoisotopic (exact) mass is 390 g/mol. The fourth-order valence-electron chi connectivity index (χ4n) is 0.673. The van der Waals surface area contributed by atoms with Crippen LogP contribution in [-0.4, -0.2) is 30.2 Å².